The fourth-order valence-corrected chi connectivity index (χ4v) is 7.25. The predicted molar refractivity (Wildman–Crippen MR) is 86.8 cm³/mol. The summed E-state index contributed by atoms with van der Waals surface area (Å²) in [4.78, 5) is 0. The summed E-state index contributed by atoms with van der Waals surface area (Å²) >= 11 is 0. The molecule has 0 radical (unpaired) electrons. The van der Waals surface area contributed by atoms with Crippen LogP contribution in [-0.4, -0.2) is 11.2 Å². The van der Waals surface area contributed by atoms with E-state index in [1.54, 1.807) is 0 Å². The van der Waals surface area contributed by atoms with Gasteiger partial charge in [0.15, 0.2) is 0 Å². The van der Waals surface area contributed by atoms with Gasteiger partial charge < -0.3 is 5.11 Å². The Morgan fingerprint density at radius 3 is 2.24 bits per heavy atom. The lowest BCUT2D eigenvalue weighted by atomic mass is 9.47. The van der Waals surface area contributed by atoms with Gasteiger partial charge in [-0.15, -0.1) is 0 Å². The van der Waals surface area contributed by atoms with Crippen LogP contribution in [0.4, 0.5) is 0 Å². The lowest BCUT2D eigenvalue weighted by Crippen LogP contribution is -2.53. The average Bonchev–Trinajstić information content (AvgIpc) is 2.95. The molecule has 4 fully saturated rings. The highest BCUT2D eigenvalue weighted by atomic mass is 16.3. The summed E-state index contributed by atoms with van der Waals surface area (Å²) in [5.41, 5.74) is 1.29. The van der Waals surface area contributed by atoms with Gasteiger partial charge in [-0.05, 0) is 84.4 Å². The van der Waals surface area contributed by atoms with Gasteiger partial charge >= 0.3 is 0 Å². The third-order valence-electron chi connectivity index (χ3n) is 8.83. The van der Waals surface area contributed by atoms with E-state index in [-0.39, 0.29) is 11.5 Å². The van der Waals surface area contributed by atoms with E-state index in [1.807, 2.05) is 0 Å². The number of rotatable bonds is 1. The normalized spacial score (nSPS) is 62.1. The molecule has 21 heavy (non-hydrogen) atoms. The Morgan fingerprint density at radius 1 is 0.905 bits per heavy atom. The minimum Gasteiger partial charge on any atom is -0.393 e. The molecular formula is C20H34O. The van der Waals surface area contributed by atoms with Crippen molar-refractivity contribution < 1.29 is 5.11 Å². The summed E-state index contributed by atoms with van der Waals surface area (Å²) in [5.74, 6) is 4.39. The van der Waals surface area contributed by atoms with Gasteiger partial charge in [-0.3, -0.25) is 0 Å². The maximum atomic E-state index is 10.7. The molecule has 4 saturated carbocycles. The van der Waals surface area contributed by atoms with Gasteiger partial charge in [-0.25, -0.2) is 0 Å². The molecule has 4 aliphatic rings. The van der Waals surface area contributed by atoms with Crippen LogP contribution >= 0.6 is 0 Å². The van der Waals surface area contributed by atoms with E-state index in [4.69, 9.17) is 0 Å². The van der Waals surface area contributed by atoms with Gasteiger partial charge in [0.25, 0.3) is 0 Å². The summed E-state index contributed by atoms with van der Waals surface area (Å²) < 4.78 is 0. The van der Waals surface area contributed by atoms with Crippen molar-refractivity contribution in [1.29, 1.82) is 0 Å². The molecule has 0 aromatic heterocycles. The molecule has 1 heteroatoms. The summed E-state index contributed by atoms with van der Waals surface area (Å²) in [6.07, 6.45) is 8.01. The Morgan fingerprint density at radius 2 is 1.57 bits per heavy atom. The molecule has 4 rings (SSSR count). The van der Waals surface area contributed by atoms with E-state index in [0.717, 1.165) is 36.0 Å². The van der Waals surface area contributed by atoms with E-state index >= 15 is 0 Å². The SMILES string of the molecule is CC(C)[C@H]1CC[C@]2(C)CC[C@@]3(C)C[C@@H](O)[C@@]4(C)C[C@H]4[C@@H]3C12. The van der Waals surface area contributed by atoms with Crippen LogP contribution in [0.3, 0.4) is 0 Å². The highest BCUT2D eigenvalue weighted by molar-refractivity contribution is 5.20. The number of hydrogen-bond donors (Lipinski definition) is 1. The Kier molecular flexibility index (Phi) is 2.82. The predicted octanol–water partition coefficient (Wildman–Crippen LogP) is 4.88. The molecule has 0 aromatic carbocycles. The Hall–Kier alpha value is -0.0400. The molecule has 0 bridgehead atoms. The molecular weight excluding hydrogens is 256 g/mol. The molecule has 1 N–H and O–H groups in total. The highest BCUT2D eigenvalue weighted by Crippen LogP contribution is 2.76. The van der Waals surface area contributed by atoms with Gasteiger partial charge in [0.05, 0.1) is 6.10 Å². The lowest BCUT2D eigenvalue weighted by Gasteiger charge is -2.58. The van der Waals surface area contributed by atoms with E-state index in [1.165, 1.54) is 32.1 Å². The number of aliphatic hydroxyl groups excluding tert-OH is 1. The van der Waals surface area contributed by atoms with Crippen molar-refractivity contribution in [3.05, 3.63) is 0 Å². The van der Waals surface area contributed by atoms with Crippen molar-refractivity contribution >= 4 is 0 Å². The van der Waals surface area contributed by atoms with Crippen molar-refractivity contribution in [3.8, 4) is 0 Å². The topological polar surface area (TPSA) is 20.2 Å². The second kappa shape index (κ2) is 4.08. The van der Waals surface area contributed by atoms with Crippen LogP contribution in [0.15, 0.2) is 0 Å². The fourth-order valence-electron chi connectivity index (χ4n) is 7.25. The first kappa shape index (κ1) is 14.5. The van der Waals surface area contributed by atoms with Gasteiger partial charge in [0.1, 0.15) is 0 Å². The van der Waals surface area contributed by atoms with Crippen LogP contribution in [0.5, 0.6) is 0 Å². The zero-order valence-corrected chi connectivity index (χ0v) is 14.7. The Balaban J connectivity index is 1.75. The summed E-state index contributed by atoms with van der Waals surface area (Å²) in [7, 11) is 0. The smallest absolute Gasteiger partial charge is 0.0601 e. The molecule has 8 atom stereocenters. The van der Waals surface area contributed by atoms with Crippen molar-refractivity contribution in [2.75, 3.05) is 0 Å². The highest BCUT2D eigenvalue weighted by Gasteiger charge is 2.71. The van der Waals surface area contributed by atoms with Crippen LogP contribution in [0.25, 0.3) is 0 Å². The average molecular weight is 290 g/mol. The van der Waals surface area contributed by atoms with Crippen LogP contribution in [0.2, 0.25) is 0 Å². The fraction of sp³-hybridized carbons (Fsp3) is 1.00. The molecule has 1 nitrogen and oxygen atoms in total. The minimum absolute atomic E-state index is 0.0352. The summed E-state index contributed by atoms with van der Waals surface area (Å²) in [6, 6.07) is 0. The van der Waals surface area contributed by atoms with Gasteiger partial charge in [-0.1, -0.05) is 34.6 Å². The monoisotopic (exact) mass is 290 g/mol. The quantitative estimate of drug-likeness (QED) is 0.729. The summed E-state index contributed by atoms with van der Waals surface area (Å²) in [5, 5.41) is 10.7. The van der Waals surface area contributed by atoms with Crippen LogP contribution in [-0.2, 0) is 0 Å². The zero-order chi connectivity index (χ0) is 15.2. The minimum atomic E-state index is -0.0352. The largest absolute Gasteiger partial charge is 0.393 e. The number of hydrogen-bond acceptors (Lipinski definition) is 1. The number of aliphatic hydroxyl groups is 1. The molecule has 0 aliphatic heterocycles. The maximum Gasteiger partial charge on any atom is 0.0601 e. The standard InChI is InChI=1S/C20H34O/c1-12(2)13-6-7-18(3)8-9-19(4)11-15(21)20(5)10-14(20)17(19)16(13)18/h12-17,21H,6-11H2,1-5H3/t13-,14+,15-,16?,17-,18-,19+,20+/m1/s1. The first-order chi connectivity index (χ1) is 9.71. The molecule has 120 valence electrons. The van der Waals surface area contributed by atoms with Crippen molar-refractivity contribution in [2.45, 2.75) is 79.2 Å². The van der Waals surface area contributed by atoms with Gasteiger partial charge in [0.2, 0.25) is 0 Å². The first-order valence-corrected chi connectivity index (χ1v) is 9.39. The second-order valence-corrected chi connectivity index (χ2v) is 10.3. The van der Waals surface area contributed by atoms with Gasteiger partial charge in [-0.2, -0.15) is 0 Å². The molecule has 0 amide bonds. The zero-order valence-electron chi connectivity index (χ0n) is 14.7. The van der Waals surface area contributed by atoms with Crippen LogP contribution < -0.4 is 0 Å². The van der Waals surface area contributed by atoms with E-state index < -0.39 is 0 Å². The van der Waals surface area contributed by atoms with Crippen LogP contribution in [0, 0.1) is 45.8 Å². The second-order valence-electron chi connectivity index (χ2n) is 10.3. The van der Waals surface area contributed by atoms with Crippen LogP contribution in [0.1, 0.15) is 73.1 Å². The third kappa shape index (κ3) is 1.73. The lowest BCUT2D eigenvalue weighted by molar-refractivity contribution is -0.120. The van der Waals surface area contributed by atoms with E-state index in [9.17, 15) is 5.11 Å². The van der Waals surface area contributed by atoms with E-state index in [0.29, 0.717) is 10.8 Å². The third-order valence-corrected chi connectivity index (χ3v) is 8.83. The Labute approximate surface area is 130 Å². The molecule has 0 spiro atoms. The van der Waals surface area contributed by atoms with Gasteiger partial charge in [0, 0.05) is 0 Å². The number of fused-ring (bicyclic) bond motifs is 5. The molecule has 0 aromatic rings. The van der Waals surface area contributed by atoms with E-state index in [2.05, 4.69) is 34.6 Å². The molecule has 0 saturated heterocycles. The first-order valence-electron chi connectivity index (χ1n) is 9.39. The molecule has 4 aliphatic carbocycles. The summed E-state index contributed by atoms with van der Waals surface area (Å²) in [6.45, 7) is 12.4. The van der Waals surface area contributed by atoms with Crippen molar-refractivity contribution in [3.63, 3.8) is 0 Å². The van der Waals surface area contributed by atoms with Crippen molar-refractivity contribution in [1.82, 2.24) is 0 Å². The molecule has 1 unspecified atom stereocenters. The maximum absolute atomic E-state index is 10.7. The molecule has 0 heterocycles. The van der Waals surface area contributed by atoms with Crippen molar-refractivity contribution in [2.24, 2.45) is 45.8 Å². The Bertz CT molecular complexity index is 457.